The minimum absolute atomic E-state index is 0.0161. The second-order valence-corrected chi connectivity index (χ2v) is 6.01. The van der Waals surface area contributed by atoms with Gasteiger partial charge in [-0.15, -0.1) is 0 Å². The molecule has 1 aromatic heterocycles. The van der Waals surface area contributed by atoms with E-state index >= 15 is 0 Å². The van der Waals surface area contributed by atoms with Crippen LogP contribution in [-0.4, -0.2) is 41.6 Å². The first-order valence-electron chi connectivity index (χ1n) is 8.04. The molecule has 2 aromatic rings. The van der Waals surface area contributed by atoms with Gasteiger partial charge in [-0.05, 0) is 31.9 Å². The van der Waals surface area contributed by atoms with Gasteiger partial charge in [0, 0.05) is 31.0 Å². The van der Waals surface area contributed by atoms with Gasteiger partial charge in [0.05, 0.1) is 29.7 Å². The van der Waals surface area contributed by atoms with Gasteiger partial charge in [-0.25, -0.2) is 9.37 Å². The Balaban J connectivity index is 1.94. The summed E-state index contributed by atoms with van der Waals surface area (Å²) in [7, 11) is 0. The van der Waals surface area contributed by atoms with E-state index in [2.05, 4.69) is 21.8 Å². The Kier molecular flexibility index (Phi) is 5.05. The molecule has 1 aliphatic rings. The van der Waals surface area contributed by atoms with Crippen LogP contribution in [0.25, 0.3) is 0 Å². The fourth-order valence-electron chi connectivity index (χ4n) is 2.91. The van der Waals surface area contributed by atoms with Crippen molar-refractivity contribution in [3.63, 3.8) is 0 Å². The maximum Gasteiger partial charge on any atom is 0.152 e. The lowest BCUT2D eigenvalue weighted by Gasteiger charge is -2.37. The first kappa shape index (κ1) is 17.1. The van der Waals surface area contributed by atoms with Crippen LogP contribution >= 0.6 is 0 Å². The molecular formula is C19H18FN3O2. The SMILES string of the molecule is C[C@@H]1CN(c2cc(F)c(C#Cc3cnccn3)cc2C=O)C[C@H](C)O1. The van der Waals surface area contributed by atoms with E-state index in [9.17, 15) is 9.18 Å². The highest BCUT2D eigenvalue weighted by molar-refractivity contribution is 5.85. The average Bonchev–Trinajstić information content (AvgIpc) is 2.60. The summed E-state index contributed by atoms with van der Waals surface area (Å²) in [6.45, 7) is 5.13. The van der Waals surface area contributed by atoms with Crippen LogP contribution in [0.4, 0.5) is 10.1 Å². The monoisotopic (exact) mass is 339 g/mol. The zero-order chi connectivity index (χ0) is 17.8. The zero-order valence-electron chi connectivity index (χ0n) is 14.1. The molecule has 3 rings (SSSR count). The molecule has 6 heteroatoms. The van der Waals surface area contributed by atoms with Gasteiger partial charge in [0.1, 0.15) is 11.5 Å². The molecule has 0 amide bonds. The summed E-state index contributed by atoms with van der Waals surface area (Å²) in [5.74, 6) is 5.01. The van der Waals surface area contributed by atoms with Crippen LogP contribution < -0.4 is 4.90 Å². The van der Waals surface area contributed by atoms with E-state index < -0.39 is 5.82 Å². The number of anilines is 1. The Hall–Kier alpha value is -2.78. The van der Waals surface area contributed by atoms with E-state index in [1.165, 1.54) is 30.7 Å². The molecule has 2 heterocycles. The van der Waals surface area contributed by atoms with Crippen LogP contribution in [0, 0.1) is 17.7 Å². The second kappa shape index (κ2) is 7.41. The lowest BCUT2D eigenvalue weighted by molar-refractivity contribution is -0.00527. The van der Waals surface area contributed by atoms with E-state index in [-0.39, 0.29) is 17.8 Å². The van der Waals surface area contributed by atoms with Gasteiger partial charge in [0.2, 0.25) is 0 Å². The Morgan fingerprint density at radius 2 is 2.00 bits per heavy atom. The van der Waals surface area contributed by atoms with Gasteiger partial charge in [-0.2, -0.15) is 0 Å². The van der Waals surface area contributed by atoms with Crippen LogP contribution in [0.15, 0.2) is 30.7 Å². The number of ether oxygens (including phenoxy) is 1. The summed E-state index contributed by atoms with van der Waals surface area (Å²) in [5.41, 5.74) is 1.58. The number of nitrogens with zero attached hydrogens (tertiary/aromatic N) is 3. The number of aldehydes is 1. The summed E-state index contributed by atoms with van der Waals surface area (Å²) < 4.78 is 20.2. The summed E-state index contributed by atoms with van der Waals surface area (Å²) in [5, 5.41) is 0. The first-order chi connectivity index (χ1) is 12.1. The molecule has 0 aliphatic carbocycles. The molecule has 2 atom stereocenters. The van der Waals surface area contributed by atoms with E-state index in [1.807, 2.05) is 18.7 Å². The third-order valence-electron chi connectivity index (χ3n) is 3.89. The van der Waals surface area contributed by atoms with Crippen molar-refractivity contribution < 1.29 is 13.9 Å². The number of hydrogen-bond acceptors (Lipinski definition) is 5. The molecule has 0 spiro atoms. The largest absolute Gasteiger partial charge is 0.372 e. The molecular weight excluding hydrogens is 321 g/mol. The summed E-state index contributed by atoms with van der Waals surface area (Å²) in [4.78, 5) is 21.4. The predicted octanol–water partition coefficient (Wildman–Crippen LogP) is 2.44. The summed E-state index contributed by atoms with van der Waals surface area (Å²) >= 11 is 0. The Morgan fingerprint density at radius 1 is 1.24 bits per heavy atom. The Bertz CT molecular complexity index is 820. The maximum absolute atomic E-state index is 14.5. The number of morpholine rings is 1. The summed E-state index contributed by atoms with van der Waals surface area (Å²) in [6, 6.07) is 2.85. The highest BCUT2D eigenvalue weighted by Gasteiger charge is 2.24. The van der Waals surface area contributed by atoms with Crippen molar-refractivity contribution >= 4 is 12.0 Å². The third-order valence-corrected chi connectivity index (χ3v) is 3.89. The maximum atomic E-state index is 14.5. The quantitative estimate of drug-likeness (QED) is 0.621. The number of carbonyl (C=O) groups is 1. The molecule has 0 bridgehead atoms. The van der Waals surface area contributed by atoms with Gasteiger partial charge in [0.15, 0.2) is 6.29 Å². The molecule has 5 nitrogen and oxygen atoms in total. The van der Waals surface area contributed by atoms with E-state index in [0.29, 0.717) is 30.0 Å². The molecule has 0 radical (unpaired) electrons. The van der Waals surface area contributed by atoms with Crippen molar-refractivity contribution in [2.24, 2.45) is 0 Å². The average molecular weight is 339 g/mol. The molecule has 1 aromatic carbocycles. The number of halogens is 1. The fourth-order valence-corrected chi connectivity index (χ4v) is 2.91. The van der Waals surface area contributed by atoms with Gasteiger partial charge in [-0.1, -0.05) is 5.92 Å². The highest BCUT2D eigenvalue weighted by Crippen LogP contribution is 2.26. The van der Waals surface area contributed by atoms with Crippen molar-refractivity contribution in [1.82, 2.24) is 9.97 Å². The molecule has 128 valence electrons. The van der Waals surface area contributed by atoms with Crippen LogP contribution in [0.5, 0.6) is 0 Å². The Morgan fingerprint density at radius 3 is 2.64 bits per heavy atom. The molecule has 1 fully saturated rings. The molecule has 1 aliphatic heterocycles. The van der Waals surface area contributed by atoms with Gasteiger partial charge in [-0.3, -0.25) is 9.78 Å². The minimum atomic E-state index is -0.469. The molecule has 0 unspecified atom stereocenters. The standard InChI is InChI=1S/C19H18FN3O2/c1-13-10-23(11-14(2)25-13)19-8-18(20)15(7-16(19)12-24)3-4-17-9-21-5-6-22-17/h5-9,12-14H,10-11H2,1-2H3/t13-,14+. The van der Waals surface area contributed by atoms with Crippen molar-refractivity contribution in [3.05, 3.63) is 53.4 Å². The number of benzene rings is 1. The van der Waals surface area contributed by atoms with E-state index in [4.69, 9.17) is 4.74 Å². The smallest absolute Gasteiger partial charge is 0.152 e. The fraction of sp³-hybridized carbons (Fsp3) is 0.316. The number of carbonyl (C=O) groups excluding carboxylic acids is 1. The van der Waals surface area contributed by atoms with Gasteiger partial charge < -0.3 is 9.64 Å². The van der Waals surface area contributed by atoms with Crippen LogP contribution in [-0.2, 0) is 4.74 Å². The molecule has 25 heavy (non-hydrogen) atoms. The third kappa shape index (κ3) is 4.01. The van der Waals surface area contributed by atoms with Gasteiger partial charge in [0.25, 0.3) is 0 Å². The van der Waals surface area contributed by atoms with Crippen LogP contribution in [0.1, 0.15) is 35.5 Å². The first-order valence-corrected chi connectivity index (χ1v) is 8.04. The lowest BCUT2D eigenvalue weighted by Crippen LogP contribution is -2.45. The van der Waals surface area contributed by atoms with Crippen molar-refractivity contribution in [1.29, 1.82) is 0 Å². The topological polar surface area (TPSA) is 55.3 Å². The number of hydrogen-bond donors (Lipinski definition) is 0. The molecule has 0 saturated carbocycles. The van der Waals surface area contributed by atoms with Crippen LogP contribution in [0.3, 0.4) is 0 Å². The van der Waals surface area contributed by atoms with E-state index in [1.54, 1.807) is 0 Å². The second-order valence-electron chi connectivity index (χ2n) is 6.01. The Labute approximate surface area is 145 Å². The lowest BCUT2D eigenvalue weighted by atomic mass is 10.1. The van der Waals surface area contributed by atoms with Crippen molar-refractivity contribution in [2.45, 2.75) is 26.1 Å². The van der Waals surface area contributed by atoms with Gasteiger partial charge >= 0.3 is 0 Å². The minimum Gasteiger partial charge on any atom is -0.372 e. The number of rotatable bonds is 2. The zero-order valence-corrected chi connectivity index (χ0v) is 14.1. The van der Waals surface area contributed by atoms with Crippen molar-refractivity contribution in [3.8, 4) is 11.8 Å². The van der Waals surface area contributed by atoms with Crippen LogP contribution in [0.2, 0.25) is 0 Å². The predicted molar refractivity (Wildman–Crippen MR) is 92.0 cm³/mol. The number of aromatic nitrogens is 2. The molecule has 1 saturated heterocycles. The normalized spacial score (nSPS) is 19.9. The molecule has 0 N–H and O–H groups in total. The van der Waals surface area contributed by atoms with E-state index in [0.717, 1.165) is 6.29 Å². The summed E-state index contributed by atoms with van der Waals surface area (Å²) in [6.07, 6.45) is 5.31. The van der Waals surface area contributed by atoms with Crippen molar-refractivity contribution in [2.75, 3.05) is 18.0 Å². The highest BCUT2D eigenvalue weighted by atomic mass is 19.1.